The van der Waals surface area contributed by atoms with Gasteiger partial charge >= 0.3 is 18.3 Å². The van der Waals surface area contributed by atoms with Crippen molar-refractivity contribution in [2.24, 2.45) is 0 Å². The zero-order valence-electron chi connectivity index (χ0n) is 20.8. The lowest BCUT2D eigenvalue weighted by Crippen LogP contribution is -2.50. The number of nitrogens with zero attached hydrogens (tertiary/aromatic N) is 1. The van der Waals surface area contributed by atoms with Crippen molar-refractivity contribution >= 4 is 33.5 Å². The molecule has 0 saturated heterocycles. The maximum Gasteiger partial charge on any atom is 0.427 e. The number of hydrogen-bond donors (Lipinski definition) is 3. The second-order valence-corrected chi connectivity index (χ2v) is 11.4. The van der Waals surface area contributed by atoms with Gasteiger partial charge in [-0.15, -0.1) is 0 Å². The van der Waals surface area contributed by atoms with E-state index in [9.17, 15) is 35.6 Å². The van der Waals surface area contributed by atoms with E-state index >= 15 is 0 Å². The van der Waals surface area contributed by atoms with E-state index in [1.54, 1.807) is 0 Å². The van der Waals surface area contributed by atoms with Crippen molar-refractivity contribution in [3.63, 3.8) is 0 Å². The lowest BCUT2D eigenvalue weighted by molar-refractivity contribution is -0.242. The van der Waals surface area contributed by atoms with Gasteiger partial charge in [-0.2, -0.15) is 13.2 Å². The molecule has 1 heterocycles. The highest BCUT2D eigenvalue weighted by Crippen LogP contribution is 2.39. The van der Waals surface area contributed by atoms with Gasteiger partial charge in [-0.3, -0.25) is 9.62 Å². The zero-order chi connectivity index (χ0) is 28.6. The van der Waals surface area contributed by atoms with Crippen molar-refractivity contribution in [1.29, 1.82) is 0 Å². The van der Waals surface area contributed by atoms with Crippen LogP contribution >= 0.6 is 0 Å². The molecule has 0 radical (unpaired) electrons. The molecule has 4 rings (SSSR count). The predicted molar refractivity (Wildman–Crippen MR) is 132 cm³/mol. The maximum atomic E-state index is 13.5. The average Bonchev–Trinajstić information content (AvgIpc) is 3.65. The number of amides is 3. The second kappa shape index (κ2) is 10.4. The molecule has 3 amide bonds. The van der Waals surface area contributed by atoms with Crippen molar-refractivity contribution < 1.29 is 45.0 Å². The van der Waals surface area contributed by atoms with Gasteiger partial charge in [0, 0.05) is 11.7 Å². The Morgan fingerprint density at radius 2 is 1.77 bits per heavy atom. The summed E-state index contributed by atoms with van der Waals surface area (Å²) in [5.74, 6) is -0.581. The van der Waals surface area contributed by atoms with Crippen LogP contribution in [0.3, 0.4) is 0 Å². The third kappa shape index (κ3) is 6.64. The molecule has 1 atom stereocenters. The van der Waals surface area contributed by atoms with E-state index in [4.69, 9.17) is 4.74 Å². The first-order valence-corrected chi connectivity index (χ1v) is 13.3. The number of hydrogen-bond acceptors (Lipinski definition) is 6. The summed E-state index contributed by atoms with van der Waals surface area (Å²) in [6.07, 6.45) is -5.31. The molecule has 1 aliphatic carbocycles. The van der Waals surface area contributed by atoms with E-state index in [1.807, 2.05) is 0 Å². The summed E-state index contributed by atoms with van der Waals surface area (Å²) in [5, 5.41) is 7.54. The number of alkyl halides is 3. The van der Waals surface area contributed by atoms with Crippen molar-refractivity contribution in [3.8, 4) is 5.75 Å². The quantitative estimate of drug-likeness (QED) is 0.427. The summed E-state index contributed by atoms with van der Waals surface area (Å²) in [7, 11) is -4.30. The summed E-state index contributed by atoms with van der Waals surface area (Å²) in [6, 6.07) is 7.60. The number of benzene rings is 2. The Balaban J connectivity index is 1.59. The van der Waals surface area contributed by atoms with E-state index in [-0.39, 0.29) is 41.2 Å². The molecule has 39 heavy (non-hydrogen) atoms. The lowest BCUT2D eigenvalue weighted by Gasteiger charge is -2.36. The van der Waals surface area contributed by atoms with E-state index in [1.165, 1.54) is 18.2 Å². The number of rotatable bonds is 7. The van der Waals surface area contributed by atoms with E-state index in [2.05, 4.69) is 20.7 Å². The molecule has 2 aromatic carbocycles. The summed E-state index contributed by atoms with van der Waals surface area (Å²) in [5.41, 5.74) is -2.89. The monoisotopic (exact) mass is 574 g/mol. The fraction of sp³-hybridized carbons (Fsp3) is 0.417. The molecule has 212 valence electrons. The molecule has 0 unspecified atom stereocenters. The van der Waals surface area contributed by atoms with Gasteiger partial charge in [0.2, 0.25) is 5.60 Å². The Labute approximate surface area is 221 Å². The molecule has 1 saturated carbocycles. The molecular formula is C24H26F4N4O6S. The van der Waals surface area contributed by atoms with E-state index in [0.29, 0.717) is 13.8 Å². The fourth-order valence-electron chi connectivity index (χ4n) is 3.56. The number of sulfonamides is 1. The lowest BCUT2D eigenvalue weighted by atomic mass is 10.1. The summed E-state index contributed by atoms with van der Waals surface area (Å²) in [6.45, 7) is 1.05. The first-order valence-electron chi connectivity index (χ1n) is 11.9. The molecule has 0 aromatic heterocycles. The van der Waals surface area contributed by atoms with Crippen LogP contribution in [0.2, 0.25) is 0 Å². The van der Waals surface area contributed by atoms with Gasteiger partial charge in [0.1, 0.15) is 17.7 Å². The van der Waals surface area contributed by atoms with Gasteiger partial charge in [0.15, 0.2) is 0 Å². The molecule has 15 heteroatoms. The number of carbonyl (C=O) groups excluding carboxylic acids is 2. The number of halogens is 4. The number of fused-ring (bicyclic) bond motifs is 1. The minimum atomic E-state index is -4.83. The van der Waals surface area contributed by atoms with E-state index in [0.717, 1.165) is 41.4 Å². The third-order valence-electron chi connectivity index (χ3n) is 5.97. The smallest absolute Gasteiger partial charge is 0.427 e. The third-order valence-corrected chi connectivity index (χ3v) is 7.77. The van der Waals surface area contributed by atoms with Crippen LogP contribution in [0.5, 0.6) is 5.75 Å². The number of anilines is 2. The number of nitrogens with one attached hydrogen (secondary N) is 3. The SMILES string of the molecule is CC(C)(OC(=O)Nc1ccc2c(c1)N(S(=O)(=O)c1ccc(F)cc1)C[C@H](CNC(=O)NC1CC1)O2)C(F)(F)F. The standard InChI is InChI=1S/C24H26F4N4O6S/c1-23(2,24(26,27)28)38-22(34)31-16-7-10-20-19(11-16)32(39(35,36)18-8-3-14(25)4-9-18)13-17(37-20)12-29-21(33)30-15-5-6-15/h3-4,7-11,15,17H,5-6,12-13H2,1-2H3,(H,31,34)(H2,29,30,33)/t17-/m0/s1. The minimum Gasteiger partial charge on any atom is -0.484 e. The van der Waals surface area contributed by atoms with Gasteiger partial charge in [-0.1, -0.05) is 0 Å². The highest BCUT2D eigenvalue weighted by atomic mass is 32.2. The highest BCUT2D eigenvalue weighted by Gasteiger charge is 2.51. The highest BCUT2D eigenvalue weighted by molar-refractivity contribution is 7.92. The Hall–Kier alpha value is -3.75. The zero-order valence-corrected chi connectivity index (χ0v) is 21.7. The van der Waals surface area contributed by atoms with Crippen LogP contribution in [-0.2, 0) is 14.8 Å². The van der Waals surface area contributed by atoms with Crippen LogP contribution < -0.4 is 25.0 Å². The average molecular weight is 575 g/mol. The van der Waals surface area contributed by atoms with Crippen LogP contribution in [0.1, 0.15) is 26.7 Å². The van der Waals surface area contributed by atoms with Gasteiger partial charge in [0.25, 0.3) is 10.0 Å². The predicted octanol–water partition coefficient (Wildman–Crippen LogP) is 4.13. The van der Waals surface area contributed by atoms with Gasteiger partial charge in [-0.05, 0) is 69.2 Å². The molecular weight excluding hydrogens is 548 g/mol. The van der Waals surface area contributed by atoms with Gasteiger partial charge in [-0.25, -0.2) is 22.4 Å². The normalized spacial score (nSPS) is 17.5. The van der Waals surface area contributed by atoms with Crippen LogP contribution in [0.25, 0.3) is 0 Å². The Morgan fingerprint density at radius 1 is 1.10 bits per heavy atom. The number of carbonyl (C=O) groups is 2. The van der Waals surface area contributed by atoms with Crippen LogP contribution in [0.4, 0.5) is 38.5 Å². The summed E-state index contributed by atoms with van der Waals surface area (Å²) >= 11 is 0. The van der Waals surface area contributed by atoms with Crippen molar-refractivity contribution in [1.82, 2.24) is 10.6 Å². The largest absolute Gasteiger partial charge is 0.484 e. The Bertz CT molecular complexity index is 1350. The molecule has 0 spiro atoms. The summed E-state index contributed by atoms with van der Waals surface area (Å²) in [4.78, 5) is 24.0. The first-order chi connectivity index (χ1) is 18.2. The van der Waals surface area contributed by atoms with Crippen molar-refractivity contribution in [3.05, 3.63) is 48.3 Å². The van der Waals surface area contributed by atoms with Gasteiger partial charge in [0.05, 0.1) is 23.7 Å². The summed E-state index contributed by atoms with van der Waals surface area (Å²) < 4.78 is 91.2. The van der Waals surface area contributed by atoms with Crippen LogP contribution in [-0.4, -0.2) is 57.6 Å². The molecule has 2 aromatic rings. The van der Waals surface area contributed by atoms with Crippen LogP contribution in [0, 0.1) is 5.82 Å². The molecule has 2 aliphatic rings. The molecule has 10 nitrogen and oxygen atoms in total. The number of urea groups is 1. The maximum absolute atomic E-state index is 13.5. The molecule has 1 aliphatic heterocycles. The topological polar surface area (TPSA) is 126 Å². The van der Waals surface area contributed by atoms with E-state index < -0.39 is 45.8 Å². The fourth-order valence-corrected chi connectivity index (χ4v) is 5.06. The van der Waals surface area contributed by atoms with Crippen molar-refractivity contribution in [2.45, 2.75) is 55.5 Å². The molecule has 3 N–H and O–H groups in total. The number of ether oxygens (including phenoxy) is 2. The van der Waals surface area contributed by atoms with Crippen molar-refractivity contribution in [2.75, 3.05) is 22.7 Å². The Morgan fingerprint density at radius 3 is 2.38 bits per heavy atom. The molecule has 0 bridgehead atoms. The second-order valence-electron chi connectivity index (χ2n) is 9.56. The first kappa shape index (κ1) is 28.3. The molecule has 1 fully saturated rings. The van der Waals surface area contributed by atoms with Gasteiger partial charge < -0.3 is 20.1 Å². The minimum absolute atomic E-state index is 0.0362. The Kier molecular flexibility index (Phi) is 7.56. The van der Waals surface area contributed by atoms with Crippen LogP contribution in [0.15, 0.2) is 47.4 Å².